The number of benzene rings is 2. The summed E-state index contributed by atoms with van der Waals surface area (Å²) in [5.41, 5.74) is 4.31. The minimum absolute atomic E-state index is 0.00898. The van der Waals surface area contributed by atoms with Crippen LogP contribution in [0.5, 0.6) is 5.75 Å². The van der Waals surface area contributed by atoms with E-state index in [2.05, 4.69) is 43.2 Å². The number of aliphatic carboxylic acids is 1. The van der Waals surface area contributed by atoms with E-state index in [1.54, 1.807) is 10.6 Å². The molecule has 0 amide bonds. The maximum absolute atomic E-state index is 12.8. The van der Waals surface area contributed by atoms with E-state index in [0.717, 1.165) is 47.4 Å². The highest BCUT2D eigenvalue weighted by Crippen LogP contribution is 2.39. The molecule has 1 N–H and O–H groups in total. The molecule has 1 fully saturated rings. The highest BCUT2D eigenvalue weighted by molar-refractivity contribution is 5.80. The molecule has 2 unspecified atom stereocenters. The topological polar surface area (TPSA) is 98.4 Å². The number of aryl methyl sites for hydroxylation is 1. The fourth-order valence-electron chi connectivity index (χ4n) is 6.20. The summed E-state index contributed by atoms with van der Waals surface area (Å²) in [7, 11) is 0. The third kappa shape index (κ3) is 7.80. The molecule has 0 bridgehead atoms. The minimum atomic E-state index is -1.24. The van der Waals surface area contributed by atoms with Crippen molar-refractivity contribution < 1.29 is 24.1 Å². The van der Waals surface area contributed by atoms with Gasteiger partial charge in [-0.2, -0.15) is 9.61 Å². The number of hydrogen-bond acceptors (Lipinski definition) is 7. The van der Waals surface area contributed by atoms with Crippen molar-refractivity contribution in [1.82, 2.24) is 14.6 Å². The second-order valence-corrected chi connectivity index (χ2v) is 13.7. The Labute approximate surface area is 283 Å². The lowest BCUT2D eigenvalue weighted by molar-refractivity contribution is -0.160. The lowest BCUT2D eigenvalue weighted by atomic mass is 9.92. The van der Waals surface area contributed by atoms with E-state index in [1.165, 1.54) is 0 Å². The van der Waals surface area contributed by atoms with Crippen LogP contribution in [0.1, 0.15) is 71.2 Å². The highest BCUT2D eigenvalue weighted by Gasteiger charge is 2.37. The largest absolute Gasteiger partial charge is 0.490 e. The van der Waals surface area contributed by atoms with Crippen molar-refractivity contribution in [3.8, 4) is 28.1 Å². The van der Waals surface area contributed by atoms with Crippen molar-refractivity contribution in [3.05, 3.63) is 91.2 Å². The molecule has 0 aliphatic carbocycles. The van der Waals surface area contributed by atoms with Gasteiger partial charge in [0.1, 0.15) is 11.6 Å². The van der Waals surface area contributed by atoms with E-state index in [-0.39, 0.29) is 11.7 Å². The summed E-state index contributed by atoms with van der Waals surface area (Å²) >= 11 is 0. The van der Waals surface area contributed by atoms with Crippen molar-refractivity contribution in [2.24, 2.45) is 0 Å². The van der Waals surface area contributed by atoms with Gasteiger partial charge in [0, 0.05) is 42.4 Å². The highest BCUT2D eigenvalue weighted by atomic mass is 16.5. The third-order valence-corrected chi connectivity index (χ3v) is 8.62. The van der Waals surface area contributed by atoms with Crippen LogP contribution in [0.3, 0.4) is 0 Å². The Kier molecular flexibility index (Phi) is 10.4. The van der Waals surface area contributed by atoms with Gasteiger partial charge in [-0.3, -0.25) is 0 Å². The number of nitrogens with zero attached hydrogens (tertiary/aromatic N) is 4. The van der Waals surface area contributed by atoms with Crippen molar-refractivity contribution in [2.75, 3.05) is 24.6 Å². The molecule has 0 radical (unpaired) electrons. The van der Waals surface area contributed by atoms with Crippen LogP contribution < -0.4 is 9.64 Å². The molecular formula is C39H48N4O5. The Morgan fingerprint density at radius 1 is 1.06 bits per heavy atom. The smallest absolute Gasteiger partial charge is 0.337 e. The van der Waals surface area contributed by atoms with Gasteiger partial charge in [0.2, 0.25) is 0 Å². The first-order valence-electron chi connectivity index (χ1n) is 16.6. The average molecular weight is 653 g/mol. The summed E-state index contributed by atoms with van der Waals surface area (Å²) in [6, 6.07) is 18.2. The number of carboxylic acids is 1. The predicted molar refractivity (Wildman–Crippen MR) is 191 cm³/mol. The minimum Gasteiger partial charge on any atom is -0.490 e. The first kappa shape index (κ1) is 34.9. The van der Waals surface area contributed by atoms with Gasteiger partial charge in [-0.05, 0) is 72.1 Å². The van der Waals surface area contributed by atoms with E-state index in [9.17, 15) is 9.90 Å². The number of carboxylic acid groups (broad SMARTS) is 1. The summed E-state index contributed by atoms with van der Waals surface area (Å²) in [4.78, 5) is 19.9. The summed E-state index contributed by atoms with van der Waals surface area (Å²) < 4.78 is 20.4. The van der Waals surface area contributed by atoms with E-state index in [4.69, 9.17) is 24.3 Å². The normalized spacial score (nSPS) is 16.0. The second kappa shape index (κ2) is 14.3. The summed E-state index contributed by atoms with van der Waals surface area (Å²) in [5.74, 6) is 0.406. The molecule has 9 heteroatoms. The Hall–Kier alpha value is -4.47. The van der Waals surface area contributed by atoms with Crippen LogP contribution >= 0.6 is 0 Å². The molecular weight excluding hydrogens is 604 g/mol. The van der Waals surface area contributed by atoms with Gasteiger partial charge in [-0.1, -0.05) is 48.6 Å². The first-order valence-corrected chi connectivity index (χ1v) is 16.6. The van der Waals surface area contributed by atoms with Crippen molar-refractivity contribution in [1.29, 1.82) is 0 Å². The quantitative estimate of drug-likeness (QED) is 0.144. The molecule has 9 nitrogen and oxygen atoms in total. The number of aromatic nitrogens is 3. The van der Waals surface area contributed by atoms with E-state index >= 15 is 0 Å². The average Bonchev–Trinajstić information content (AvgIpc) is 3.46. The number of para-hydroxylation sites is 1. The maximum atomic E-state index is 12.8. The second-order valence-electron chi connectivity index (χ2n) is 13.7. The number of carbonyl (C=O) groups is 1. The molecule has 5 rings (SSSR count). The molecule has 2 aromatic heterocycles. The first-order chi connectivity index (χ1) is 22.8. The molecule has 0 spiro atoms. The van der Waals surface area contributed by atoms with Gasteiger partial charge in [-0.25, -0.2) is 9.78 Å². The van der Waals surface area contributed by atoms with Crippen LogP contribution in [0.2, 0.25) is 0 Å². The van der Waals surface area contributed by atoms with Gasteiger partial charge < -0.3 is 24.2 Å². The van der Waals surface area contributed by atoms with Gasteiger partial charge in [0.15, 0.2) is 11.8 Å². The molecule has 4 aromatic rings. The van der Waals surface area contributed by atoms with Crippen molar-refractivity contribution >= 4 is 17.4 Å². The molecule has 2 atom stereocenters. The Morgan fingerprint density at radius 2 is 1.77 bits per heavy atom. The van der Waals surface area contributed by atoms with E-state index in [1.807, 2.05) is 77.1 Å². The standard InChI is InChI=1S/C39H48N4O5/c1-9-14-26(3)47-32-18-12-11-17-30(32)28-15-13-16-29(24-28)31-25-33-40-27(4)34(35(37(44)45)48-38(5,6)7)36(43(33)41-31)42-21-19-39(8,20-22-42)46-23-10-2/h9-13,15-18,24-26,35H,1-2,14,19-23H2,3-8H3,(H,44,45). The van der Waals surface area contributed by atoms with Gasteiger partial charge >= 0.3 is 5.97 Å². The van der Waals surface area contributed by atoms with E-state index in [0.29, 0.717) is 42.4 Å². The van der Waals surface area contributed by atoms with Gasteiger partial charge in [0.05, 0.1) is 35.2 Å². The Balaban J connectivity index is 1.61. The predicted octanol–water partition coefficient (Wildman–Crippen LogP) is 8.22. The number of hydrogen-bond donors (Lipinski definition) is 1. The number of ether oxygens (including phenoxy) is 3. The molecule has 1 saturated heterocycles. The number of fused-ring (bicyclic) bond motifs is 1. The van der Waals surface area contributed by atoms with Crippen LogP contribution in [0, 0.1) is 6.92 Å². The number of anilines is 1. The van der Waals surface area contributed by atoms with Crippen LogP contribution in [0.4, 0.5) is 5.82 Å². The Morgan fingerprint density at radius 3 is 2.44 bits per heavy atom. The van der Waals surface area contributed by atoms with Gasteiger partial charge in [0.25, 0.3) is 0 Å². The monoisotopic (exact) mass is 652 g/mol. The van der Waals surface area contributed by atoms with Crippen LogP contribution in [-0.2, 0) is 14.3 Å². The van der Waals surface area contributed by atoms with Crippen molar-refractivity contribution in [2.45, 2.75) is 84.2 Å². The zero-order chi connectivity index (χ0) is 34.6. The zero-order valence-corrected chi connectivity index (χ0v) is 29.0. The SMILES string of the molecule is C=CCOC1(C)CCN(c2c(C(OC(C)(C)C)C(=O)O)c(C)nc3cc(-c4cccc(-c5ccccc5OC(C)CC=C)c4)nn23)CC1. The number of rotatable bonds is 13. The van der Waals surface area contributed by atoms with Crippen molar-refractivity contribution in [3.63, 3.8) is 0 Å². The lowest BCUT2D eigenvalue weighted by Crippen LogP contribution is -2.45. The Bertz CT molecular complexity index is 1780. The molecule has 3 heterocycles. The van der Waals surface area contributed by atoms with E-state index < -0.39 is 17.7 Å². The van der Waals surface area contributed by atoms with Gasteiger partial charge in [-0.15, -0.1) is 13.2 Å². The summed E-state index contributed by atoms with van der Waals surface area (Å²) in [5, 5.41) is 15.6. The molecule has 254 valence electrons. The molecule has 0 saturated carbocycles. The summed E-state index contributed by atoms with van der Waals surface area (Å²) in [6.45, 7) is 21.0. The lowest BCUT2D eigenvalue weighted by Gasteiger charge is -2.41. The van der Waals surface area contributed by atoms with Crippen LogP contribution in [0.15, 0.2) is 79.9 Å². The van der Waals surface area contributed by atoms with Crippen LogP contribution in [-0.4, -0.2) is 62.7 Å². The fourth-order valence-corrected chi connectivity index (χ4v) is 6.20. The molecule has 1 aliphatic rings. The molecule has 2 aromatic carbocycles. The third-order valence-electron chi connectivity index (χ3n) is 8.62. The maximum Gasteiger partial charge on any atom is 0.337 e. The summed E-state index contributed by atoms with van der Waals surface area (Å²) in [6.07, 6.45) is 4.63. The zero-order valence-electron chi connectivity index (χ0n) is 29.0. The molecule has 48 heavy (non-hydrogen) atoms. The molecule has 1 aliphatic heterocycles. The fraction of sp³-hybridized carbons (Fsp3) is 0.410. The number of piperidine rings is 1. The van der Waals surface area contributed by atoms with Crippen LogP contribution in [0.25, 0.3) is 28.0 Å².